The Morgan fingerprint density at radius 2 is 1.80 bits per heavy atom. The monoisotopic (exact) mass is 273 g/mol. The molecule has 5 nitrogen and oxygen atoms in total. The lowest BCUT2D eigenvalue weighted by Crippen LogP contribution is -2.42. The number of rotatable bonds is 3. The van der Waals surface area contributed by atoms with Gasteiger partial charge in [0, 0.05) is 6.04 Å². The molecule has 106 valence electrons. The summed E-state index contributed by atoms with van der Waals surface area (Å²) in [5.74, 6) is -1.33. The highest BCUT2D eigenvalue weighted by Crippen LogP contribution is 2.17. The average Bonchev–Trinajstić information content (AvgIpc) is 2.93. The summed E-state index contributed by atoms with van der Waals surface area (Å²) in [5, 5.41) is 6.49. The van der Waals surface area contributed by atoms with Gasteiger partial charge in [-0.05, 0) is 25.3 Å². The molecule has 0 heterocycles. The number of nitrogens with one attached hydrogen (secondary N) is 2. The van der Waals surface area contributed by atoms with Crippen molar-refractivity contribution >= 4 is 18.0 Å². The van der Waals surface area contributed by atoms with E-state index in [0.29, 0.717) is 0 Å². The summed E-state index contributed by atoms with van der Waals surface area (Å²) in [6.07, 6.45) is 5.63. The van der Waals surface area contributed by atoms with Gasteiger partial charge in [0.15, 0.2) is 0 Å². The van der Waals surface area contributed by atoms with Crippen molar-refractivity contribution in [3.05, 3.63) is 35.4 Å². The first-order chi connectivity index (χ1) is 9.65. The Bertz CT molecular complexity index is 502. The minimum absolute atomic E-state index is 0.134. The first kappa shape index (κ1) is 14.2. The third-order valence-electron chi connectivity index (χ3n) is 3.35. The van der Waals surface area contributed by atoms with E-state index in [4.69, 9.17) is 0 Å². The van der Waals surface area contributed by atoms with E-state index < -0.39 is 11.8 Å². The van der Waals surface area contributed by atoms with Gasteiger partial charge in [0.2, 0.25) is 0 Å². The van der Waals surface area contributed by atoms with E-state index in [1.807, 2.05) is 31.2 Å². The lowest BCUT2D eigenvalue weighted by atomic mass is 10.2. The molecule has 20 heavy (non-hydrogen) atoms. The lowest BCUT2D eigenvalue weighted by molar-refractivity contribution is -0.139. The Balaban J connectivity index is 1.78. The molecule has 1 aromatic carbocycles. The van der Waals surface area contributed by atoms with E-state index in [2.05, 4.69) is 15.8 Å². The van der Waals surface area contributed by atoms with Crippen LogP contribution in [-0.4, -0.2) is 24.1 Å². The summed E-state index contributed by atoms with van der Waals surface area (Å²) in [5.41, 5.74) is 4.26. The molecule has 0 atom stereocenters. The molecule has 1 aliphatic rings. The maximum absolute atomic E-state index is 11.6. The number of hydrogen-bond donors (Lipinski definition) is 2. The number of hydrazone groups is 1. The fourth-order valence-corrected chi connectivity index (χ4v) is 2.19. The molecule has 1 fully saturated rings. The Labute approximate surface area is 118 Å². The van der Waals surface area contributed by atoms with Crippen LogP contribution in [0.1, 0.15) is 36.8 Å². The van der Waals surface area contributed by atoms with Crippen molar-refractivity contribution in [2.45, 2.75) is 38.6 Å². The molecule has 0 aliphatic heterocycles. The van der Waals surface area contributed by atoms with E-state index in [9.17, 15) is 9.59 Å². The third kappa shape index (κ3) is 4.19. The van der Waals surface area contributed by atoms with E-state index in [1.165, 1.54) is 6.21 Å². The fourth-order valence-electron chi connectivity index (χ4n) is 2.19. The number of nitrogens with zero attached hydrogens (tertiary/aromatic N) is 1. The van der Waals surface area contributed by atoms with Crippen LogP contribution in [0.4, 0.5) is 0 Å². The second-order valence-corrected chi connectivity index (χ2v) is 5.06. The quantitative estimate of drug-likeness (QED) is 0.498. The van der Waals surface area contributed by atoms with Crippen molar-refractivity contribution in [2.24, 2.45) is 5.10 Å². The van der Waals surface area contributed by atoms with Gasteiger partial charge in [-0.2, -0.15) is 5.10 Å². The van der Waals surface area contributed by atoms with Crippen LogP contribution < -0.4 is 10.7 Å². The number of amides is 2. The zero-order valence-corrected chi connectivity index (χ0v) is 11.6. The average molecular weight is 273 g/mol. The van der Waals surface area contributed by atoms with Crippen LogP contribution >= 0.6 is 0 Å². The number of benzene rings is 1. The summed E-state index contributed by atoms with van der Waals surface area (Å²) in [6.45, 7) is 2.00. The largest absolute Gasteiger partial charge is 0.345 e. The predicted molar refractivity (Wildman–Crippen MR) is 77.3 cm³/mol. The van der Waals surface area contributed by atoms with Crippen LogP contribution in [0.5, 0.6) is 0 Å². The third-order valence-corrected chi connectivity index (χ3v) is 3.35. The van der Waals surface area contributed by atoms with E-state index in [1.54, 1.807) is 0 Å². The molecule has 0 aromatic heterocycles. The lowest BCUT2D eigenvalue weighted by Gasteiger charge is -2.10. The zero-order valence-electron chi connectivity index (χ0n) is 11.6. The highest BCUT2D eigenvalue weighted by molar-refractivity contribution is 6.35. The minimum Gasteiger partial charge on any atom is -0.345 e. The minimum atomic E-state index is -0.722. The smallest absolute Gasteiger partial charge is 0.329 e. The Morgan fingerprint density at radius 1 is 1.15 bits per heavy atom. The molecule has 2 N–H and O–H groups in total. The van der Waals surface area contributed by atoms with Gasteiger partial charge in [-0.3, -0.25) is 9.59 Å². The SMILES string of the molecule is Cc1ccc(/C=N\NC(=O)C(=O)NC2CCCC2)cc1. The van der Waals surface area contributed by atoms with Gasteiger partial charge in [0.1, 0.15) is 0 Å². The molecule has 2 rings (SSSR count). The van der Waals surface area contributed by atoms with E-state index in [0.717, 1.165) is 36.8 Å². The highest BCUT2D eigenvalue weighted by Gasteiger charge is 2.20. The van der Waals surface area contributed by atoms with Crippen molar-refractivity contribution in [3.8, 4) is 0 Å². The second-order valence-electron chi connectivity index (χ2n) is 5.06. The Hall–Kier alpha value is -2.17. The van der Waals surface area contributed by atoms with Gasteiger partial charge in [-0.25, -0.2) is 5.43 Å². The molecule has 0 saturated heterocycles. The molecule has 0 spiro atoms. The first-order valence-corrected chi connectivity index (χ1v) is 6.86. The molecular formula is C15H19N3O2. The molecule has 1 saturated carbocycles. The fraction of sp³-hybridized carbons (Fsp3) is 0.400. The normalized spacial score (nSPS) is 15.4. The van der Waals surface area contributed by atoms with Crippen molar-refractivity contribution in [2.75, 3.05) is 0 Å². The van der Waals surface area contributed by atoms with Gasteiger partial charge in [-0.1, -0.05) is 42.7 Å². The van der Waals surface area contributed by atoms with Crippen LogP contribution in [0.15, 0.2) is 29.4 Å². The molecule has 0 unspecified atom stereocenters. The standard InChI is InChI=1S/C15H19N3O2/c1-11-6-8-12(9-7-11)10-16-18-15(20)14(19)17-13-4-2-3-5-13/h6-10,13H,2-5H2,1H3,(H,17,19)(H,18,20)/b16-10-. The van der Waals surface area contributed by atoms with Crippen LogP contribution in [0.2, 0.25) is 0 Å². The van der Waals surface area contributed by atoms with Crippen LogP contribution in [0, 0.1) is 6.92 Å². The molecule has 5 heteroatoms. The molecule has 1 aromatic rings. The summed E-state index contributed by atoms with van der Waals surface area (Å²) in [4.78, 5) is 23.1. The van der Waals surface area contributed by atoms with Gasteiger partial charge in [-0.15, -0.1) is 0 Å². The molecule has 0 radical (unpaired) electrons. The topological polar surface area (TPSA) is 70.6 Å². The number of carbonyl (C=O) groups is 2. The van der Waals surface area contributed by atoms with E-state index >= 15 is 0 Å². The van der Waals surface area contributed by atoms with Gasteiger partial charge in [0.25, 0.3) is 0 Å². The summed E-state index contributed by atoms with van der Waals surface area (Å²) < 4.78 is 0. The Morgan fingerprint density at radius 3 is 2.45 bits per heavy atom. The maximum Gasteiger partial charge on any atom is 0.329 e. The number of hydrogen-bond acceptors (Lipinski definition) is 3. The number of aryl methyl sites for hydroxylation is 1. The predicted octanol–water partition coefficient (Wildman–Crippen LogP) is 1.50. The second kappa shape index (κ2) is 6.84. The van der Waals surface area contributed by atoms with Crippen molar-refractivity contribution in [3.63, 3.8) is 0 Å². The molecule has 0 bridgehead atoms. The van der Waals surface area contributed by atoms with Crippen molar-refractivity contribution in [1.29, 1.82) is 0 Å². The summed E-state index contributed by atoms with van der Waals surface area (Å²) >= 11 is 0. The highest BCUT2D eigenvalue weighted by atomic mass is 16.2. The number of carbonyl (C=O) groups excluding carboxylic acids is 2. The zero-order chi connectivity index (χ0) is 14.4. The van der Waals surface area contributed by atoms with Crippen molar-refractivity contribution in [1.82, 2.24) is 10.7 Å². The van der Waals surface area contributed by atoms with E-state index in [-0.39, 0.29) is 6.04 Å². The van der Waals surface area contributed by atoms with Gasteiger partial charge >= 0.3 is 11.8 Å². The van der Waals surface area contributed by atoms with Gasteiger partial charge < -0.3 is 5.32 Å². The first-order valence-electron chi connectivity index (χ1n) is 6.86. The van der Waals surface area contributed by atoms with Gasteiger partial charge in [0.05, 0.1) is 6.21 Å². The van der Waals surface area contributed by atoms with Crippen LogP contribution in [0.25, 0.3) is 0 Å². The summed E-state index contributed by atoms with van der Waals surface area (Å²) in [7, 11) is 0. The molecule has 1 aliphatic carbocycles. The van der Waals surface area contributed by atoms with Crippen LogP contribution in [0.3, 0.4) is 0 Å². The summed E-state index contributed by atoms with van der Waals surface area (Å²) in [6, 6.07) is 7.83. The maximum atomic E-state index is 11.6. The van der Waals surface area contributed by atoms with Crippen LogP contribution in [-0.2, 0) is 9.59 Å². The Kier molecular flexibility index (Phi) is 4.87. The molecular weight excluding hydrogens is 254 g/mol. The van der Waals surface area contributed by atoms with Crippen molar-refractivity contribution < 1.29 is 9.59 Å². The molecule has 2 amide bonds.